The quantitative estimate of drug-likeness (QED) is 0.634. The number of halogens is 1. The van der Waals surface area contributed by atoms with Crippen LogP contribution in [0.15, 0.2) is 42.0 Å². The van der Waals surface area contributed by atoms with E-state index in [4.69, 9.17) is 14.2 Å². The molecular weight excluding hydrogens is 339 g/mol. The van der Waals surface area contributed by atoms with Gasteiger partial charge in [-0.3, -0.25) is 4.79 Å². The standard InChI is InChI=1S/C19H17FN2O4/c1-24-16-9-12(10-17(25-2)18(16)26-3)8-13(11-21)19(23)22-15-7-5-4-6-14(15)20/h4-10H,1-3H3,(H,22,23)/b13-8+. The van der Waals surface area contributed by atoms with Gasteiger partial charge in [-0.25, -0.2) is 4.39 Å². The second-order valence-electron chi connectivity index (χ2n) is 5.06. The Labute approximate surface area is 150 Å². The molecule has 1 N–H and O–H groups in total. The summed E-state index contributed by atoms with van der Waals surface area (Å²) in [6.07, 6.45) is 1.35. The average Bonchev–Trinajstić information content (AvgIpc) is 2.66. The Morgan fingerprint density at radius 2 is 1.73 bits per heavy atom. The summed E-state index contributed by atoms with van der Waals surface area (Å²) in [5, 5.41) is 11.7. The number of rotatable bonds is 6. The molecule has 0 bridgehead atoms. The summed E-state index contributed by atoms with van der Waals surface area (Å²) in [4.78, 5) is 12.3. The van der Waals surface area contributed by atoms with E-state index in [0.29, 0.717) is 22.8 Å². The van der Waals surface area contributed by atoms with Gasteiger partial charge in [-0.2, -0.15) is 5.26 Å². The summed E-state index contributed by atoms with van der Waals surface area (Å²) >= 11 is 0. The molecule has 0 aliphatic carbocycles. The summed E-state index contributed by atoms with van der Waals surface area (Å²) in [5.74, 6) is -0.173. The minimum Gasteiger partial charge on any atom is -0.493 e. The van der Waals surface area contributed by atoms with Gasteiger partial charge in [0.15, 0.2) is 11.5 Å². The molecule has 0 fully saturated rings. The Balaban J connectivity index is 2.38. The summed E-state index contributed by atoms with van der Waals surface area (Å²) in [7, 11) is 4.39. The van der Waals surface area contributed by atoms with Crippen LogP contribution >= 0.6 is 0 Å². The number of nitrogens with zero attached hydrogens (tertiary/aromatic N) is 1. The normalized spacial score (nSPS) is 10.7. The Bertz CT molecular complexity index is 862. The second-order valence-corrected chi connectivity index (χ2v) is 5.06. The summed E-state index contributed by atoms with van der Waals surface area (Å²) in [5.41, 5.74) is 0.269. The SMILES string of the molecule is COc1cc(/C=C(\C#N)C(=O)Nc2ccccc2F)cc(OC)c1OC. The van der Waals surface area contributed by atoms with Crippen molar-refractivity contribution in [3.8, 4) is 23.3 Å². The number of hydrogen-bond donors (Lipinski definition) is 1. The van der Waals surface area contributed by atoms with Crippen molar-refractivity contribution in [2.24, 2.45) is 0 Å². The van der Waals surface area contributed by atoms with Crippen molar-refractivity contribution < 1.29 is 23.4 Å². The van der Waals surface area contributed by atoms with Crippen LogP contribution < -0.4 is 19.5 Å². The molecule has 0 atom stereocenters. The molecule has 0 unspecified atom stereocenters. The van der Waals surface area contributed by atoms with E-state index in [2.05, 4.69) is 5.32 Å². The first-order valence-corrected chi connectivity index (χ1v) is 7.51. The maximum absolute atomic E-state index is 13.7. The average molecular weight is 356 g/mol. The van der Waals surface area contributed by atoms with Crippen molar-refractivity contribution in [1.82, 2.24) is 0 Å². The predicted molar refractivity (Wildman–Crippen MR) is 94.7 cm³/mol. The number of methoxy groups -OCH3 is 3. The van der Waals surface area contributed by atoms with E-state index < -0.39 is 11.7 Å². The van der Waals surface area contributed by atoms with Crippen LogP contribution in [0.2, 0.25) is 0 Å². The zero-order valence-corrected chi connectivity index (χ0v) is 14.5. The third kappa shape index (κ3) is 4.11. The van der Waals surface area contributed by atoms with Gasteiger partial charge in [-0.15, -0.1) is 0 Å². The van der Waals surface area contributed by atoms with Crippen molar-refractivity contribution in [2.75, 3.05) is 26.6 Å². The van der Waals surface area contributed by atoms with E-state index in [0.717, 1.165) is 0 Å². The van der Waals surface area contributed by atoms with Gasteiger partial charge in [0.2, 0.25) is 5.75 Å². The molecule has 7 heteroatoms. The number of nitrogens with one attached hydrogen (secondary N) is 1. The molecule has 1 amide bonds. The summed E-state index contributed by atoms with van der Waals surface area (Å²) in [6.45, 7) is 0. The first kappa shape index (κ1) is 18.8. The topological polar surface area (TPSA) is 80.6 Å². The van der Waals surface area contributed by atoms with Crippen molar-refractivity contribution in [3.63, 3.8) is 0 Å². The molecule has 0 spiro atoms. The molecule has 6 nitrogen and oxygen atoms in total. The Hall–Kier alpha value is -3.53. The zero-order chi connectivity index (χ0) is 19.1. The summed E-state index contributed by atoms with van der Waals surface area (Å²) < 4.78 is 29.4. The molecular formula is C19H17FN2O4. The lowest BCUT2D eigenvalue weighted by molar-refractivity contribution is -0.112. The smallest absolute Gasteiger partial charge is 0.266 e. The number of benzene rings is 2. The third-order valence-corrected chi connectivity index (χ3v) is 3.49. The van der Waals surface area contributed by atoms with Gasteiger partial charge in [0.1, 0.15) is 17.5 Å². The van der Waals surface area contributed by atoms with Crippen LogP contribution in [0, 0.1) is 17.1 Å². The highest BCUT2D eigenvalue weighted by Crippen LogP contribution is 2.38. The van der Waals surface area contributed by atoms with Crippen LogP contribution in [-0.2, 0) is 4.79 Å². The predicted octanol–water partition coefficient (Wildman–Crippen LogP) is 3.40. The van der Waals surface area contributed by atoms with Gasteiger partial charge in [-0.1, -0.05) is 12.1 Å². The maximum atomic E-state index is 13.7. The molecule has 0 aromatic heterocycles. The number of nitriles is 1. The number of carbonyl (C=O) groups excluding carboxylic acids is 1. The van der Waals surface area contributed by atoms with E-state index in [-0.39, 0.29) is 11.3 Å². The number of hydrogen-bond acceptors (Lipinski definition) is 5. The molecule has 0 saturated heterocycles. The third-order valence-electron chi connectivity index (χ3n) is 3.49. The summed E-state index contributed by atoms with van der Waals surface area (Å²) in [6, 6.07) is 10.7. The fraction of sp³-hybridized carbons (Fsp3) is 0.158. The van der Waals surface area contributed by atoms with Crippen LogP contribution in [0.5, 0.6) is 17.2 Å². The molecule has 0 aliphatic rings. The van der Waals surface area contributed by atoms with Gasteiger partial charge < -0.3 is 19.5 Å². The molecule has 0 saturated carbocycles. The minimum atomic E-state index is -0.730. The molecule has 2 rings (SSSR count). The highest BCUT2D eigenvalue weighted by atomic mass is 19.1. The lowest BCUT2D eigenvalue weighted by Crippen LogP contribution is -2.14. The van der Waals surface area contributed by atoms with Gasteiger partial charge in [0.25, 0.3) is 5.91 Å². The largest absolute Gasteiger partial charge is 0.493 e. The van der Waals surface area contributed by atoms with Crippen molar-refractivity contribution in [1.29, 1.82) is 5.26 Å². The minimum absolute atomic E-state index is 0.0106. The van der Waals surface area contributed by atoms with Crippen LogP contribution in [0.4, 0.5) is 10.1 Å². The Morgan fingerprint density at radius 1 is 1.12 bits per heavy atom. The van der Waals surface area contributed by atoms with Crippen LogP contribution in [-0.4, -0.2) is 27.2 Å². The highest BCUT2D eigenvalue weighted by Gasteiger charge is 2.15. The van der Waals surface area contributed by atoms with Crippen LogP contribution in [0.25, 0.3) is 6.08 Å². The molecule has 0 radical (unpaired) electrons. The molecule has 2 aromatic carbocycles. The number of carbonyl (C=O) groups is 1. The lowest BCUT2D eigenvalue weighted by Gasteiger charge is -2.13. The van der Waals surface area contributed by atoms with Gasteiger partial charge in [0, 0.05) is 0 Å². The lowest BCUT2D eigenvalue weighted by atomic mass is 10.1. The number of anilines is 1. The first-order chi connectivity index (χ1) is 12.5. The van der Waals surface area contributed by atoms with E-state index in [1.54, 1.807) is 18.2 Å². The number of ether oxygens (including phenoxy) is 3. The molecule has 0 heterocycles. The van der Waals surface area contributed by atoms with Crippen LogP contribution in [0.1, 0.15) is 5.56 Å². The van der Waals surface area contributed by atoms with E-state index >= 15 is 0 Å². The van der Waals surface area contributed by atoms with Crippen molar-refractivity contribution >= 4 is 17.7 Å². The molecule has 134 valence electrons. The molecule has 26 heavy (non-hydrogen) atoms. The maximum Gasteiger partial charge on any atom is 0.266 e. The van der Waals surface area contributed by atoms with Crippen molar-refractivity contribution in [2.45, 2.75) is 0 Å². The number of amides is 1. The monoisotopic (exact) mass is 356 g/mol. The highest BCUT2D eigenvalue weighted by molar-refractivity contribution is 6.09. The van der Waals surface area contributed by atoms with Gasteiger partial charge >= 0.3 is 0 Å². The van der Waals surface area contributed by atoms with Gasteiger partial charge in [-0.05, 0) is 35.9 Å². The Morgan fingerprint density at radius 3 is 2.23 bits per heavy atom. The van der Waals surface area contributed by atoms with Gasteiger partial charge in [0.05, 0.1) is 27.0 Å². The van der Waals surface area contributed by atoms with Crippen LogP contribution in [0.3, 0.4) is 0 Å². The fourth-order valence-electron chi connectivity index (χ4n) is 2.25. The molecule has 2 aromatic rings. The van der Waals surface area contributed by atoms with Crippen molar-refractivity contribution in [3.05, 3.63) is 53.4 Å². The van der Waals surface area contributed by atoms with E-state index in [1.165, 1.54) is 45.6 Å². The second kappa shape index (κ2) is 8.53. The number of para-hydroxylation sites is 1. The zero-order valence-electron chi connectivity index (χ0n) is 14.5. The van der Waals surface area contributed by atoms with E-state index in [9.17, 15) is 14.4 Å². The first-order valence-electron chi connectivity index (χ1n) is 7.51. The Kier molecular flexibility index (Phi) is 6.17. The fourth-order valence-corrected chi connectivity index (χ4v) is 2.25. The van der Waals surface area contributed by atoms with E-state index in [1.807, 2.05) is 6.07 Å². The molecule has 0 aliphatic heterocycles.